The van der Waals surface area contributed by atoms with E-state index in [4.69, 9.17) is 24.1 Å². The number of ether oxygens (including phenoxy) is 4. The van der Waals surface area contributed by atoms with Gasteiger partial charge in [-0.2, -0.15) is 0 Å². The number of benzene rings is 1. The van der Waals surface area contributed by atoms with E-state index < -0.39 is 0 Å². The fourth-order valence-corrected chi connectivity index (χ4v) is 1.60. The Labute approximate surface area is 126 Å². The summed E-state index contributed by atoms with van der Waals surface area (Å²) in [7, 11) is 1.65. The van der Waals surface area contributed by atoms with Gasteiger partial charge in [0.2, 0.25) is 0 Å². The number of aliphatic hydroxyl groups is 1. The van der Waals surface area contributed by atoms with Crippen molar-refractivity contribution in [2.24, 2.45) is 0 Å². The molecule has 0 amide bonds. The number of hydrogen-bond donors (Lipinski definition) is 1. The van der Waals surface area contributed by atoms with E-state index in [1.54, 1.807) is 13.4 Å². The first-order valence-electron chi connectivity index (χ1n) is 6.97. The van der Waals surface area contributed by atoms with E-state index in [0.29, 0.717) is 33.0 Å². The number of hydrogen-bond acceptors (Lipinski definition) is 5. The molecule has 0 fully saturated rings. The fourth-order valence-electron chi connectivity index (χ4n) is 1.60. The van der Waals surface area contributed by atoms with Gasteiger partial charge in [-0.05, 0) is 30.2 Å². The van der Waals surface area contributed by atoms with Gasteiger partial charge in [-0.15, -0.1) is 0 Å². The van der Waals surface area contributed by atoms with Gasteiger partial charge in [0.05, 0.1) is 46.4 Å². The highest BCUT2D eigenvalue weighted by Crippen LogP contribution is 2.17. The normalized spacial score (nSPS) is 11.5. The predicted molar refractivity (Wildman–Crippen MR) is 81.3 cm³/mol. The highest BCUT2D eigenvalue weighted by atomic mass is 16.5. The maximum atomic E-state index is 8.51. The van der Waals surface area contributed by atoms with Crippen molar-refractivity contribution >= 4 is 5.57 Å². The van der Waals surface area contributed by atoms with Gasteiger partial charge < -0.3 is 24.1 Å². The molecule has 118 valence electrons. The van der Waals surface area contributed by atoms with Crippen LogP contribution < -0.4 is 4.74 Å². The molecule has 0 heterocycles. The van der Waals surface area contributed by atoms with Gasteiger partial charge in [0, 0.05) is 0 Å². The Morgan fingerprint density at radius 1 is 1.00 bits per heavy atom. The van der Waals surface area contributed by atoms with E-state index in [2.05, 4.69) is 0 Å². The van der Waals surface area contributed by atoms with Crippen LogP contribution in [0, 0.1) is 0 Å². The molecule has 21 heavy (non-hydrogen) atoms. The average Bonchev–Trinajstić information content (AvgIpc) is 2.53. The van der Waals surface area contributed by atoms with Crippen LogP contribution in [0.3, 0.4) is 0 Å². The van der Waals surface area contributed by atoms with Crippen LogP contribution in [0.2, 0.25) is 0 Å². The van der Waals surface area contributed by atoms with E-state index in [0.717, 1.165) is 16.9 Å². The lowest BCUT2D eigenvalue weighted by Crippen LogP contribution is -2.09. The lowest BCUT2D eigenvalue weighted by molar-refractivity contribution is 0.0204. The second-order valence-corrected chi connectivity index (χ2v) is 4.35. The molecule has 1 N–H and O–H groups in total. The Kier molecular flexibility index (Phi) is 9.28. The third kappa shape index (κ3) is 7.70. The first-order valence-corrected chi connectivity index (χ1v) is 6.97. The van der Waals surface area contributed by atoms with Gasteiger partial charge >= 0.3 is 0 Å². The molecule has 0 atom stereocenters. The summed E-state index contributed by atoms with van der Waals surface area (Å²) >= 11 is 0. The molecular weight excluding hydrogens is 272 g/mol. The van der Waals surface area contributed by atoms with Crippen LogP contribution in [0.15, 0.2) is 30.5 Å². The summed E-state index contributed by atoms with van der Waals surface area (Å²) in [6.07, 6.45) is 1.73. The summed E-state index contributed by atoms with van der Waals surface area (Å²) in [5, 5.41) is 8.51. The van der Waals surface area contributed by atoms with Crippen molar-refractivity contribution in [1.82, 2.24) is 0 Å². The van der Waals surface area contributed by atoms with Crippen LogP contribution in [0.4, 0.5) is 0 Å². The topological polar surface area (TPSA) is 57.2 Å². The van der Waals surface area contributed by atoms with E-state index in [1.165, 1.54) is 0 Å². The van der Waals surface area contributed by atoms with Gasteiger partial charge in [0.25, 0.3) is 0 Å². The zero-order chi connectivity index (χ0) is 15.3. The Bertz CT molecular complexity index is 400. The zero-order valence-electron chi connectivity index (χ0n) is 12.7. The minimum Gasteiger partial charge on any atom is -0.498 e. The number of aliphatic hydroxyl groups excluding tert-OH is 1. The molecule has 0 spiro atoms. The van der Waals surface area contributed by atoms with Crippen LogP contribution >= 0.6 is 0 Å². The molecule has 5 heteroatoms. The number of methoxy groups -OCH3 is 1. The highest BCUT2D eigenvalue weighted by Gasteiger charge is 1.97. The molecule has 0 aliphatic heterocycles. The smallest absolute Gasteiger partial charge is 0.118 e. The number of allylic oxidation sites excluding steroid dienone is 1. The van der Waals surface area contributed by atoms with Crippen molar-refractivity contribution in [3.63, 3.8) is 0 Å². The molecule has 0 bridgehead atoms. The molecule has 1 aromatic carbocycles. The minimum absolute atomic E-state index is 0.0402. The molecule has 0 radical (unpaired) electrons. The standard InChI is InChI=1S/C16H24O5/c1-14(15-3-5-16(18-2)6-4-15)13-21-12-11-20-10-9-19-8-7-17/h3-6,13,17H,7-12H2,1-2H3/b14-13-. The Hall–Kier alpha value is -1.56. The lowest BCUT2D eigenvalue weighted by atomic mass is 10.1. The minimum atomic E-state index is 0.0402. The van der Waals surface area contributed by atoms with Crippen molar-refractivity contribution < 1.29 is 24.1 Å². The first kappa shape index (κ1) is 17.5. The molecule has 5 nitrogen and oxygen atoms in total. The molecule has 0 aromatic heterocycles. The summed E-state index contributed by atoms with van der Waals surface area (Å²) in [6, 6.07) is 7.82. The third-order valence-corrected chi connectivity index (χ3v) is 2.76. The van der Waals surface area contributed by atoms with Crippen molar-refractivity contribution in [3.05, 3.63) is 36.1 Å². The lowest BCUT2D eigenvalue weighted by Gasteiger charge is -2.06. The Morgan fingerprint density at radius 2 is 1.62 bits per heavy atom. The van der Waals surface area contributed by atoms with E-state index in [-0.39, 0.29) is 6.61 Å². The summed E-state index contributed by atoms with van der Waals surface area (Å²) in [5.74, 6) is 0.837. The molecule has 0 saturated carbocycles. The Balaban J connectivity index is 2.14. The first-order chi connectivity index (χ1) is 10.3. The monoisotopic (exact) mass is 296 g/mol. The van der Waals surface area contributed by atoms with Gasteiger partial charge in [-0.25, -0.2) is 0 Å². The van der Waals surface area contributed by atoms with Crippen LogP contribution in [0.5, 0.6) is 5.75 Å². The molecule has 0 saturated heterocycles. The van der Waals surface area contributed by atoms with Gasteiger partial charge in [-0.3, -0.25) is 0 Å². The third-order valence-electron chi connectivity index (χ3n) is 2.76. The van der Waals surface area contributed by atoms with E-state index >= 15 is 0 Å². The quantitative estimate of drug-likeness (QED) is 0.500. The van der Waals surface area contributed by atoms with Crippen LogP contribution in [-0.4, -0.2) is 51.9 Å². The second-order valence-electron chi connectivity index (χ2n) is 4.35. The molecular formula is C16H24O5. The summed E-state index contributed by atoms with van der Waals surface area (Å²) in [6.45, 7) is 4.38. The van der Waals surface area contributed by atoms with Crippen molar-refractivity contribution in [1.29, 1.82) is 0 Å². The summed E-state index contributed by atoms with van der Waals surface area (Å²) in [5.41, 5.74) is 2.14. The fraction of sp³-hybridized carbons (Fsp3) is 0.500. The van der Waals surface area contributed by atoms with Crippen LogP contribution in [0.25, 0.3) is 5.57 Å². The average molecular weight is 296 g/mol. The van der Waals surface area contributed by atoms with Gasteiger partial charge in [-0.1, -0.05) is 12.1 Å². The largest absolute Gasteiger partial charge is 0.498 e. The molecule has 0 aliphatic rings. The predicted octanol–water partition coefficient (Wildman–Crippen LogP) is 2.10. The SMILES string of the molecule is COc1ccc(/C(C)=C\OCCOCCOCCO)cc1. The molecule has 1 rings (SSSR count). The van der Waals surface area contributed by atoms with Crippen molar-refractivity contribution in [2.45, 2.75) is 6.92 Å². The summed E-state index contributed by atoms with van der Waals surface area (Å²) in [4.78, 5) is 0. The van der Waals surface area contributed by atoms with Crippen LogP contribution in [-0.2, 0) is 14.2 Å². The maximum absolute atomic E-state index is 8.51. The van der Waals surface area contributed by atoms with Crippen molar-refractivity contribution in [2.75, 3.05) is 46.8 Å². The molecule has 1 aromatic rings. The zero-order valence-corrected chi connectivity index (χ0v) is 12.7. The van der Waals surface area contributed by atoms with Gasteiger partial charge in [0.1, 0.15) is 12.4 Å². The molecule has 0 unspecified atom stereocenters. The number of rotatable bonds is 11. The van der Waals surface area contributed by atoms with Crippen molar-refractivity contribution in [3.8, 4) is 5.75 Å². The maximum Gasteiger partial charge on any atom is 0.118 e. The second kappa shape index (κ2) is 11.1. The van der Waals surface area contributed by atoms with E-state index in [9.17, 15) is 0 Å². The summed E-state index contributed by atoms with van der Waals surface area (Å²) < 4.78 is 20.9. The highest BCUT2D eigenvalue weighted by molar-refractivity contribution is 5.63. The Morgan fingerprint density at radius 3 is 2.24 bits per heavy atom. The van der Waals surface area contributed by atoms with E-state index in [1.807, 2.05) is 31.2 Å². The van der Waals surface area contributed by atoms with Gasteiger partial charge in [0.15, 0.2) is 0 Å². The van der Waals surface area contributed by atoms with Crippen LogP contribution in [0.1, 0.15) is 12.5 Å². The molecule has 0 aliphatic carbocycles.